The summed E-state index contributed by atoms with van der Waals surface area (Å²) in [6, 6.07) is 10.3. The number of aromatic hydroxyl groups is 1. The molecule has 0 atom stereocenters. The summed E-state index contributed by atoms with van der Waals surface area (Å²) in [5.41, 5.74) is 0.500. The van der Waals surface area contributed by atoms with Crippen LogP contribution in [0.3, 0.4) is 0 Å². The van der Waals surface area contributed by atoms with Crippen LogP contribution in [-0.2, 0) is 49.1 Å². The maximum atomic E-state index is 11.8. The molecule has 2 rings (SSSR count). The summed E-state index contributed by atoms with van der Waals surface area (Å²) < 4.78 is 43.5. The van der Waals surface area contributed by atoms with E-state index in [4.69, 9.17) is 37.9 Å². The second-order valence-corrected chi connectivity index (χ2v) is 10.6. The van der Waals surface area contributed by atoms with E-state index in [2.05, 4.69) is 10.6 Å². The van der Waals surface area contributed by atoms with Crippen molar-refractivity contribution in [3.8, 4) is 5.75 Å². The molecule has 0 saturated heterocycles. The van der Waals surface area contributed by atoms with Gasteiger partial charge >= 0.3 is 0 Å². The second kappa shape index (κ2) is 28.7. The quantitative estimate of drug-likeness (QED) is 0.0546. The van der Waals surface area contributed by atoms with Crippen molar-refractivity contribution >= 4 is 23.0 Å². The molecular formula is C33H50N4O14. The molecule has 0 spiro atoms. The zero-order chi connectivity index (χ0) is 36.8. The van der Waals surface area contributed by atoms with Crippen LogP contribution in [0.4, 0.5) is 17.1 Å². The third-order valence-corrected chi connectivity index (χ3v) is 6.70. The van der Waals surface area contributed by atoms with Crippen molar-refractivity contribution in [2.24, 2.45) is 0 Å². The Hall–Kier alpha value is -4.01. The van der Waals surface area contributed by atoms with Gasteiger partial charge in [0.25, 0.3) is 11.4 Å². The fraction of sp³-hybridized carbons (Fsp3) is 0.606. The normalized spacial score (nSPS) is 11.1. The van der Waals surface area contributed by atoms with Crippen LogP contribution >= 0.6 is 0 Å². The smallest absolute Gasteiger partial charge is 0.299 e. The molecule has 51 heavy (non-hydrogen) atoms. The Balaban J connectivity index is 1.23. The van der Waals surface area contributed by atoms with Crippen LogP contribution < -0.4 is 10.6 Å². The van der Waals surface area contributed by atoms with Crippen molar-refractivity contribution < 1.29 is 57.6 Å². The number of rotatable bonds is 33. The van der Waals surface area contributed by atoms with Gasteiger partial charge in [0.15, 0.2) is 0 Å². The molecule has 1 amide bonds. The highest BCUT2D eigenvalue weighted by molar-refractivity contribution is 5.75. The van der Waals surface area contributed by atoms with Gasteiger partial charge in [0.05, 0.1) is 122 Å². The van der Waals surface area contributed by atoms with Crippen LogP contribution in [0, 0.1) is 20.2 Å². The van der Waals surface area contributed by atoms with Crippen LogP contribution in [0.2, 0.25) is 0 Å². The van der Waals surface area contributed by atoms with Gasteiger partial charge in [0.2, 0.25) is 5.91 Å². The lowest BCUT2D eigenvalue weighted by molar-refractivity contribution is -0.393. The largest absolute Gasteiger partial charge is 0.508 e. The topological polar surface area (TPSA) is 221 Å². The predicted molar refractivity (Wildman–Crippen MR) is 184 cm³/mol. The summed E-state index contributed by atoms with van der Waals surface area (Å²) in [5, 5.41) is 36.9. The number of carbonyl (C=O) groups is 1. The molecule has 0 radical (unpaired) electrons. The average molecular weight is 727 g/mol. The van der Waals surface area contributed by atoms with Gasteiger partial charge in [-0.2, -0.15) is 0 Å². The molecule has 0 aliphatic heterocycles. The van der Waals surface area contributed by atoms with Gasteiger partial charge in [-0.3, -0.25) is 25.0 Å². The van der Waals surface area contributed by atoms with Gasteiger partial charge in [-0.25, -0.2) is 0 Å². The van der Waals surface area contributed by atoms with Crippen LogP contribution in [0.15, 0.2) is 42.5 Å². The Labute approximate surface area is 296 Å². The first-order valence-corrected chi connectivity index (χ1v) is 16.7. The lowest BCUT2D eigenvalue weighted by Crippen LogP contribution is -2.26. The number of carbonyl (C=O) groups excluding carboxylic acids is 1. The summed E-state index contributed by atoms with van der Waals surface area (Å²) in [7, 11) is 0. The Morgan fingerprint density at radius 3 is 1.49 bits per heavy atom. The SMILES string of the molecule is O=C(CCOCCOCCOCCOCCOCCOCCOCCOCCNc1ccc([N+](=O)[O-])cc1[N+](=O)[O-])NCCc1ccc(O)cc1. The zero-order valence-electron chi connectivity index (χ0n) is 28.8. The van der Waals surface area contributed by atoms with E-state index in [1.54, 1.807) is 12.1 Å². The van der Waals surface area contributed by atoms with Crippen LogP contribution in [0.5, 0.6) is 5.75 Å². The maximum Gasteiger partial charge on any atom is 0.299 e. The van der Waals surface area contributed by atoms with E-state index in [1.165, 1.54) is 12.1 Å². The highest BCUT2D eigenvalue weighted by Crippen LogP contribution is 2.28. The monoisotopic (exact) mass is 726 g/mol. The standard InChI is InChI=1S/C33H50N4O14/c38-30-4-1-28(2-5-30)7-9-35-33(39)8-11-44-13-15-46-17-19-48-21-23-50-25-26-51-24-22-49-20-18-47-16-14-45-12-10-34-31-6-3-29(36(40)41)27-32(31)37(42)43/h1-6,27,34,38H,7-26H2,(H,35,39). The number of ether oxygens (including phenoxy) is 8. The third kappa shape index (κ3) is 22.4. The van der Waals surface area contributed by atoms with E-state index in [-0.39, 0.29) is 48.3 Å². The molecule has 0 aromatic heterocycles. The first-order chi connectivity index (χ1) is 24.9. The molecule has 0 bridgehead atoms. The van der Waals surface area contributed by atoms with Crippen molar-refractivity contribution in [3.63, 3.8) is 0 Å². The minimum atomic E-state index is -0.685. The number of nitro benzene ring substituents is 2. The molecule has 0 heterocycles. The van der Waals surface area contributed by atoms with Crippen LogP contribution in [0.1, 0.15) is 12.0 Å². The summed E-state index contributed by atoms with van der Waals surface area (Å²) >= 11 is 0. The number of phenols is 1. The number of nitro groups is 2. The van der Waals surface area contributed by atoms with E-state index < -0.39 is 9.85 Å². The lowest BCUT2D eigenvalue weighted by atomic mass is 10.1. The van der Waals surface area contributed by atoms with E-state index >= 15 is 0 Å². The molecule has 2 aromatic carbocycles. The Bertz CT molecular complexity index is 1240. The third-order valence-electron chi connectivity index (χ3n) is 6.70. The number of nitrogens with zero attached hydrogens (tertiary/aromatic N) is 2. The summed E-state index contributed by atoms with van der Waals surface area (Å²) in [6.07, 6.45) is 0.978. The van der Waals surface area contributed by atoms with E-state index in [0.29, 0.717) is 112 Å². The van der Waals surface area contributed by atoms with Crippen molar-refractivity contribution in [1.29, 1.82) is 0 Å². The van der Waals surface area contributed by atoms with Crippen molar-refractivity contribution in [2.45, 2.75) is 12.8 Å². The van der Waals surface area contributed by atoms with Crippen molar-refractivity contribution in [1.82, 2.24) is 5.32 Å². The molecular weight excluding hydrogens is 676 g/mol. The minimum absolute atomic E-state index is 0.0710. The zero-order valence-corrected chi connectivity index (χ0v) is 28.8. The molecule has 2 aromatic rings. The van der Waals surface area contributed by atoms with Crippen LogP contribution in [-0.4, -0.2) is 140 Å². The van der Waals surface area contributed by atoms with Gasteiger partial charge in [-0.15, -0.1) is 0 Å². The highest BCUT2D eigenvalue weighted by Gasteiger charge is 2.19. The number of hydrogen-bond donors (Lipinski definition) is 3. The molecule has 0 saturated carbocycles. The summed E-state index contributed by atoms with van der Waals surface area (Å²) in [5.74, 6) is 0.150. The summed E-state index contributed by atoms with van der Waals surface area (Å²) in [4.78, 5) is 32.4. The molecule has 0 aliphatic carbocycles. The number of non-ortho nitro benzene ring substituents is 1. The van der Waals surface area contributed by atoms with E-state index in [1.807, 2.05) is 12.1 Å². The number of benzene rings is 2. The van der Waals surface area contributed by atoms with Gasteiger partial charge in [-0.05, 0) is 30.2 Å². The fourth-order valence-corrected chi connectivity index (χ4v) is 4.10. The number of anilines is 1. The number of phenolic OH excluding ortho intramolecular Hbond substituents is 1. The number of hydrogen-bond acceptors (Lipinski definition) is 15. The predicted octanol–water partition coefficient (Wildman–Crippen LogP) is 2.50. The Kier molecular flexibility index (Phi) is 24.3. The minimum Gasteiger partial charge on any atom is -0.508 e. The molecule has 18 nitrogen and oxygen atoms in total. The number of nitrogens with one attached hydrogen (secondary N) is 2. The molecule has 0 fully saturated rings. The Morgan fingerprint density at radius 1 is 0.588 bits per heavy atom. The van der Waals surface area contributed by atoms with Gasteiger partial charge in [-0.1, -0.05) is 12.1 Å². The highest BCUT2D eigenvalue weighted by atomic mass is 16.6. The van der Waals surface area contributed by atoms with Crippen molar-refractivity contribution in [2.75, 3.05) is 124 Å². The van der Waals surface area contributed by atoms with Crippen LogP contribution in [0.25, 0.3) is 0 Å². The fourth-order valence-electron chi connectivity index (χ4n) is 4.10. The van der Waals surface area contributed by atoms with Gasteiger partial charge in [0, 0.05) is 25.6 Å². The first kappa shape index (κ1) is 43.2. The van der Waals surface area contributed by atoms with Gasteiger partial charge < -0.3 is 53.6 Å². The van der Waals surface area contributed by atoms with Gasteiger partial charge in [0.1, 0.15) is 11.4 Å². The average Bonchev–Trinajstić information content (AvgIpc) is 3.12. The molecule has 0 aliphatic rings. The van der Waals surface area contributed by atoms with E-state index in [9.17, 15) is 30.1 Å². The molecule has 0 unspecified atom stereocenters. The maximum absolute atomic E-state index is 11.8. The van der Waals surface area contributed by atoms with E-state index in [0.717, 1.165) is 11.6 Å². The lowest BCUT2D eigenvalue weighted by Gasteiger charge is -2.09. The molecule has 18 heteroatoms. The number of amides is 1. The first-order valence-electron chi connectivity index (χ1n) is 16.7. The van der Waals surface area contributed by atoms with Crippen molar-refractivity contribution in [3.05, 3.63) is 68.3 Å². The second-order valence-electron chi connectivity index (χ2n) is 10.6. The molecule has 286 valence electrons. The Morgan fingerprint density at radius 2 is 1.04 bits per heavy atom. The molecule has 3 N–H and O–H groups in total. The summed E-state index contributed by atoms with van der Waals surface area (Å²) in [6.45, 7) is 7.20.